The first kappa shape index (κ1) is 29.6. The molecule has 0 aliphatic rings. The standard InChI is InChI=1S/C28H57NO/c1-3-5-7-9-11-13-15-17-19-21-23-25-27-28(29-30)26-24-22-20-18-16-14-12-10-8-6-4-2/h28H,3-27H2,1-2H3. The molecule has 0 aromatic heterocycles. The fraction of sp³-hybridized carbons (Fsp3) is 1.00. The first-order valence-electron chi connectivity index (χ1n) is 14.2. The van der Waals surface area contributed by atoms with Crippen molar-refractivity contribution >= 4 is 0 Å². The molecule has 0 aromatic rings. The first-order valence-corrected chi connectivity index (χ1v) is 14.2. The summed E-state index contributed by atoms with van der Waals surface area (Å²) < 4.78 is 0. The average molecular weight is 424 g/mol. The SMILES string of the molecule is CCCCCCCCCCCCCCC(CCCCCCCCCCCCC)N=O. The summed E-state index contributed by atoms with van der Waals surface area (Å²) in [6.45, 7) is 4.56. The molecule has 0 saturated heterocycles. The second-order valence-electron chi connectivity index (χ2n) is 9.76. The lowest BCUT2D eigenvalue weighted by Gasteiger charge is -2.09. The molecule has 0 N–H and O–H groups in total. The van der Waals surface area contributed by atoms with Crippen LogP contribution in [0, 0.1) is 4.91 Å². The number of hydrogen-bond donors (Lipinski definition) is 0. The van der Waals surface area contributed by atoms with Crippen molar-refractivity contribution in [1.82, 2.24) is 0 Å². The molecular formula is C28H57NO. The van der Waals surface area contributed by atoms with E-state index in [4.69, 9.17) is 0 Å². The minimum Gasteiger partial charge on any atom is -0.151 e. The Morgan fingerprint density at radius 1 is 0.400 bits per heavy atom. The van der Waals surface area contributed by atoms with E-state index >= 15 is 0 Å². The maximum Gasteiger partial charge on any atom is 0.0919 e. The van der Waals surface area contributed by atoms with E-state index in [0.29, 0.717) is 0 Å². The van der Waals surface area contributed by atoms with E-state index < -0.39 is 0 Å². The van der Waals surface area contributed by atoms with Crippen LogP contribution < -0.4 is 0 Å². The summed E-state index contributed by atoms with van der Waals surface area (Å²) in [4.78, 5) is 11.1. The normalized spacial score (nSPS) is 12.3. The average Bonchev–Trinajstić information content (AvgIpc) is 2.76. The minimum absolute atomic E-state index is 0.0895. The first-order chi connectivity index (χ1) is 14.8. The van der Waals surface area contributed by atoms with Gasteiger partial charge < -0.3 is 0 Å². The molecule has 180 valence electrons. The largest absolute Gasteiger partial charge is 0.151 e. The number of rotatable bonds is 26. The van der Waals surface area contributed by atoms with Gasteiger partial charge in [-0.05, 0) is 12.8 Å². The summed E-state index contributed by atoms with van der Waals surface area (Å²) in [6.07, 6.45) is 33.7. The second kappa shape index (κ2) is 26.6. The monoisotopic (exact) mass is 423 g/mol. The van der Waals surface area contributed by atoms with Crippen LogP contribution in [0.1, 0.15) is 174 Å². The van der Waals surface area contributed by atoms with E-state index in [0.717, 1.165) is 12.8 Å². The molecule has 0 spiro atoms. The number of unbranched alkanes of at least 4 members (excludes halogenated alkanes) is 21. The Labute approximate surface area is 190 Å². The van der Waals surface area contributed by atoms with Crippen molar-refractivity contribution in [2.75, 3.05) is 0 Å². The van der Waals surface area contributed by atoms with Gasteiger partial charge in [-0.15, -0.1) is 0 Å². The highest BCUT2D eigenvalue weighted by Gasteiger charge is 2.08. The van der Waals surface area contributed by atoms with Crippen molar-refractivity contribution in [3.63, 3.8) is 0 Å². The van der Waals surface area contributed by atoms with Crippen molar-refractivity contribution in [2.45, 2.75) is 180 Å². The van der Waals surface area contributed by atoms with Gasteiger partial charge in [-0.2, -0.15) is 4.91 Å². The number of nitroso groups, excluding NO2 is 1. The van der Waals surface area contributed by atoms with Gasteiger partial charge >= 0.3 is 0 Å². The van der Waals surface area contributed by atoms with Crippen LogP contribution in [-0.2, 0) is 0 Å². The lowest BCUT2D eigenvalue weighted by Crippen LogP contribution is -2.03. The van der Waals surface area contributed by atoms with E-state index in [-0.39, 0.29) is 6.04 Å². The van der Waals surface area contributed by atoms with Crippen LogP contribution in [-0.4, -0.2) is 6.04 Å². The third-order valence-electron chi connectivity index (χ3n) is 6.68. The van der Waals surface area contributed by atoms with Gasteiger partial charge in [-0.1, -0.05) is 167 Å². The maximum absolute atomic E-state index is 11.1. The molecule has 0 aromatic carbocycles. The summed E-state index contributed by atoms with van der Waals surface area (Å²) in [5.74, 6) is 0. The Bertz CT molecular complexity index is 318. The zero-order valence-corrected chi connectivity index (χ0v) is 21.1. The van der Waals surface area contributed by atoms with Crippen LogP contribution >= 0.6 is 0 Å². The molecule has 2 heteroatoms. The van der Waals surface area contributed by atoms with Crippen molar-refractivity contribution in [1.29, 1.82) is 0 Å². The Hall–Kier alpha value is -0.400. The van der Waals surface area contributed by atoms with Gasteiger partial charge in [0.15, 0.2) is 0 Å². The summed E-state index contributed by atoms with van der Waals surface area (Å²) in [6, 6.07) is 0.0895. The molecule has 0 fully saturated rings. The molecular weight excluding hydrogens is 366 g/mol. The Kier molecular flexibility index (Phi) is 26.3. The smallest absolute Gasteiger partial charge is 0.0919 e. The highest BCUT2D eigenvalue weighted by atomic mass is 16.3. The van der Waals surface area contributed by atoms with Gasteiger partial charge in [0.05, 0.1) is 6.04 Å². The van der Waals surface area contributed by atoms with E-state index in [9.17, 15) is 4.91 Å². The molecule has 0 aliphatic carbocycles. The summed E-state index contributed by atoms with van der Waals surface area (Å²) in [5, 5.41) is 3.41. The van der Waals surface area contributed by atoms with E-state index in [1.807, 2.05) is 0 Å². The van der Waals surface area contributed by atoms with E-state index in [1.165, 1.54) is 148 Å². The van der Waals surface area contributed by atoms with Crippen LogP contribution in [0.25, 0.3) is 0 Å². The number of hydrogen-bond acceptors (Lipinski definition) is 2. The topological polar surface area (TPSA) is 29.4 Å². The number of nitrogens with zero attached hydrogens (tertiary/aromatic N) is 1. The van der Waals surface area contributed by atoms with Crippen molar-refractivity contribution in [2.24, 2.45) is 5.18 Å². The fourth-order valence-electron chi connectivity index (χ4n) is 4.51. The molecule has 0 heterocycles. The van der Waals surface area contributed by atoms with Gasteiger partial charge in [-0.25, -0.2) is 0 Å². The predicted molar refractivity (Wildman–Crippen MR) is 136 cm³/mol. The second-order valence-corrected chi connectivity index (χ2v) is 9.76. The summed E-state index contributed by atoms with van der Waals surface area (Å²) >= 11 is 0. The molecule has 1 atom stereocenters. The molecule has 0 aliphatic heterocycles. The Balaban J connectivity index is 3.28. The van der Waals surface area contributed by atoms with Crippen molar-refractivity contribution in [3.8, 4) is 0 Å². The van der Waals surface area contributed by atoms with Gasteiger partial charge in [0, 0.05) is 0 Å². The predicted octanol–water partition coefficient (Wildman–Crippen LogP) is 10.9. The van der Waals surface area contributed by atoms with Gasteiger partial charge in [0.1, 0.15) is 0 Å². The molecule has 1 unspecified atom stereocenters. The highest BCUT2D eigenvalue weighted by Crippen LogP contribution is 2.17. The maximum atomic E-state index is 11.1. The molecule has 0 bridgehead atoms. The summed E-state index contributed by atoms with van der Waals surface area (Å²) in [7, 11) is 0. The highest BCUT2D eigenvalue weighted by molar-refractivity contribution is 4.66. The molecule has 0 rings (SSSR count). The third kappa shape index (κ3) is 23.9. The van der Waals surface area contributed by atoms with Crippen molar-refractivity contribution in [3.05, 3.63) is 4.91 Å². The zero-order valence-electron chi connectivity index (χ0n) is 21.1. The van der Waals surface area contributed by atoms with Crippen LogP contribution in [0.3, 0.4) is 0 Å². The lowest BCUT2D eigenvalue weighted by molar-refractivity contribution is 0.477. The lowest BCUT2D eigenvalue weighted by atomic mass is 10.00. The van der Waals surface area contributed by atoms with Gasteiger partial charge in [0.2, 0.25) is 0 Å². The Morgan fingerprint density at radius 2 is 0.633 bits per heavy atom. The molecule has 2 nitrogen and oxygen atoms in total. The van der Waals surface area contributed by atoms with Crippen LogP contribution in [0.4, 0.5) is 0 Å². The molecule has 0 amide bonds. The van der Waals surface area contributed by atoms with Gasteiger partial charge in [-0.3, -0.25) is 0 Å². The Morgan fingerprint density at radius 3 is 0.867 bits per heavy atom. The van der Waals surface area contributed by atoms with Crippen molar-refractivity contribution < 1.29 is 0 Å². The van der Waals surface area contributed by atoms with Gasteiger partial charge in [0.25, 0.3) is 0 Å². The fourth-order valence-corrected chi connectivity index (χ4v) is 4.51. The van der Waals surface area contributed by atoms with Crippen LogP contribution in [0.2, 0.25) is 0 Å². The van der Waals surface area contributed by atoms with Crippen LogP contribution in [0.5, 0.6) is 0 Å². The molecule has 0 saturated carbocycles. The zero-order chi connectivity index (χ0) is 22.0. The van der Waals surface area contributed by atoms with E-state index in [2.05, 4.69) is 19.0 Å². The molecule has 30 heavy (non-hydrogen) atoms. The minimum atomic E-state index is 0.0895. The summed E-state index contributed by atoms with van der Waals surface area (Å²) in [5.41, 5.74) is 0. The third-order valence-corrected chi connectivity index (χ3v) is 6.68. The van der Waals surface area contributed by atoms with E-state index in [1.54, 1.807) is 0 Å². The quantitative estimate of drug-likeness (QED) is 0.100. The van der Waals surface area contributed by atoms with Crippen LogP contribution in [0.15, 0.2) is 5.18 Å². The molecule has 0 radical (unpaired) electrons.